The van der Waals surface area contributed by atoms with Crippen molar-refractivity contribution >= 4 is 17.6 Å². The SMILES string of the molecule is CC(=O)c1ccc(NC(=O)OC2COC3C(NCC4CC4)COC23)cc1. The molecular formula is C19H24N2O5. The lowest BCUT2D eigenvalue weighted by molar-refractivity contribution is 0.00856. The summed E-state index contributed by atoms with van der Waals surface area (Å²) in [6.07, 6.45) is 1.35. The summed E-state index contributed by atoms with van der Waals surface area (Å²) in [4.78, 5) is 23.4. The van der Waals surface area contributed by atoms with Crippen LogP contribution in [0.15, 0.2) is 24.3 Å². The van der Waals surface area contributed by atoms with Gasteiger partial charge in [-0.3, -0.25) is 10.1 Å². The third-order valence-corrected chi connectivity index (χ3v) is 5.17. The van der Waals surface area contributed by atoms with E-state index in [1.54, 1.807) is 24.3 Å². The summed E-state index contributed by atoms with van der Waals surface area (Å²) in [5, 5.41) is 6.18. The molecule has 4 rings (SSSR count). The van der Waals surface area contributed by atoms with Gasteiger partial charge in [-0.05, 0) is 56.5 Å². The average molecular weight is 360 g/mol. The number of anilines is 1. The van der Waals surface area contributed by atoms with Crippen LogP contribution < -0.4 is 10.6 Å². The highest BCUT2D eigenvalue weighted by atomic mass is 16.6. The Balaban J connectivity index is 1.27. The fourth-order valence-corrected chi connectivity index (χ4v) is 3.45. The predicted molar refractivity (Wildman–Crippen MR) is 94.3 cm³/mol. The molecule has 3 fully saturated rings. The van der Waals surface area contributed by atoms with Gasteiger partial charge >= 0.3 is 6.09 Å². The average Bonchev–Trinajstić information content (AvgIpc) is 3.24. The normalized spacial score (nSPS) is 30.0. The topological polar surface area (TPSA) is 85.9 Å². The molecule has 4 unspecified atom stereocenters. The van der Waals surface area contributed by atoms with Gasteiger partial charge in [-0.2, -0.15) is 0 Å². The third-order valence-electron chi connectivity index (χ3n) is 5.17. The number of Topliss-reactive ketones (excluding diaryl/α,β-unsaturated/α-hetero) is 1. The molecule has 140 valence electrons. The molecule has 0 bridgehead atoms. The summed E-state index contributed by atoms with van der Waals surface area (Å²) >= 11 is 0. The Morgan fingerprint density at radius 1 is 1.12 bits per heavy atom. The number of rotatable bonds is 6. The maximum absolute atomic E-state index is 12.2. The first-order valence-corrected chi connectivity index (χ1v) is 9.15. The second kappa shape index (κ2) is 7.34. The molecule has 0 aromatic heterocycles. The quantitative estimate of drug-likeness (QED) is 0.755. The van der Waals surface area contributed by atoms with Crippen molar-refractivity contribution in [2.45, 2.75) is 44.1 Å². The Kier molecular flexibility index (Phi) is 4.93. The Bertz CT molecular complexity index is 673. The zero-order chi connectivity index (χ0) is 18.1. The van der Waals surface area contributed by atoms with Crippen LogP contribution in [0.2, 0.25) is 0 Å². The molecule has 4 atom stereocenters. The van der Waals surface area contributed by atoms with E-state index >= 15 is 0 Å². The molecule has 7 nitrogen and oxygen atoms in total. The van der Waals surface area contributed by atoms with Crippen LogP contribution >= 0.6 is 0 Å². The summed E-state index contributed by atoms with van der Waals surface area (Å²) in [6, 6.07) is 6.86. The van der Waals surface area contributed by atoms with Gasteiger partial charge in [-0.1, -0.05) is 0 Å². The highest BCUT2D eigenvalue weighted by molar-refractivity contribution is 5.94. The largest absolute Gasteiger partial charge is 0.441 e. The van der Waals surface area contributed by atoms with Crippen molar-refractivity contribution in [3.8, 4) is 0 Å². The monoisotopic (exact) mass is 360 g/mol. The minimum absolute atomic E-state index is 0.0171. The number of ketones is 1. The Labute approximate surface area is 152 Å². The van der Waals surface area contributed by atoms with Crippen molar-refractivity contribution in [3.05, 3.63) is 29.8 Å². The molecule has 2 heterocycles. The summed E-state index contributed by atoms with van der Waals surface area (Å²) in [5.74, 6) is 0.777. The van der Waals surface area contributed by atoms with Gasteiger partial charge in [-0.25, -0.2) is 4.79 Å². The number of nitrogens with one attached hydrogen (secondary N) is 2. The van der Waals surface area contributed by atoms with E-state index < -0.39 is 12.2 Å². The van der Waals surface area contributed by atoms with Crippen molar-refractivity contribution in [3.63, 3.8) is 0 Å². The van der Waals surface area contributed by atoms with Gasteiger partial charge < -0.3 is 19.5 Å². The number of hydrogen-bond acceptors (Lipinski definition) is 6. The Hall–Kier alpha value is -1.96. The van der Waals surface area contributed by atoms with Gasteiger partial charge in [0.1, 0.15) is 12.2 Å². The lowest BCUT2D eigenvalue weighted by Crippen LogP contribution is -2.42. The smallest absolute Gasteiger partial charge is 0.412 e. The minimum Gasteiger partial charge on any atom is -0.441 e. The first-order valence-electron chi connectivity index (χ1n) is 9.15. The molecule has 0 radical (unpaired) electrons. The molecule has 2 aliphatic heterocycles. The van der Waals surface area contributed by atoms with Crippen molar-refractivity contribution in [2.75, 3.05) is 25.1 Å². The zero-order valence-electron chi connectivity index (χ0n) is 14.8. The van der Waals surface area contributed by atoms with Crippen molar-refractivity contribution in [2.24, 2.45) is 5.92 Å². The summed E-state index contributed by atoms with van der Waals surface area (Å²) in [5.41, 5.74) is 1.17. The molecule has 26 heavy (non-hydrogen) atoms. The summed E-state index contributed by atoms with van der Waals surface area (Å²) < 4.78 is 17.1. The second-order valence-electron chi connectivity index (χ2n) is 7.26. The second-order valence-corrected chi connectivity index (χ2v) is 7.26. The molecule has 1 saturated carbocycles. The van der Waals surface area contributed by atoms with Crippen molar-refractivity contribution in [1.82, 2.24) is 5.32 Å². The molecule has 2 N–H and O–H groups in total. The molecule has 7 heteroatoms. The highest BCUT2D eigenvalue weighted by Crippen LogP contribution is 2.31. The molecule has 0 spiro atoms. The fourth-order valence-electron chi connectivity index (χ4n) is 3.45. The van der Waals surface area contributed by atoms with Crippen LogP contribution in [-0.2, 0) is 14.2 Å². The number of hydrogen-bond donors (Lipinski definition) is 2. The molecule has 2 saturated heterocycles. The molecule has 1 aromatic rings. The van der Waals surface area contributed by atoms with E-state index in [2.05, 4.69) is 10.6 Å². The van der Waals surface area contributed by atoms with Gasteiger partial charge in [0.25, 0.3) is 0 Å². The van der Waals surface area contributed by atoms with Crippen LogP contribution in [0.5, 0.6) is 0 Å². The number of carbonyl (C=O) groups is 2. The van der Waals surface area contributed by atoms with Crippen LogP contribution in [0.3, 0.4) is 0 Å². The Morgan fingerprint density at radius 2 is 1.85 bits per heavy atom. The molecule has 1 amide bonds. The van der Waals surface area contributed by atoms with Crippen LogP contribution in [0, 0.1) is 5.92 Å². The lowest BCUT2D eigenvalue weighted by atomic mass is 10.1. The molecular weight excluding hydrogens is 336 g/mol. The number of ether oxygens (including phenoxy) is 3. The van der Waals surface area contributed by atoms with E-state index in [0.29, 0.717) is 24.5 Å². The minimum atomic E-state index is -0.548. The van der Waals surface area contributed by atoms with Crippen LogP contribution in [0.4, 0.5) is 10.5 Å². The van der Waals surface area contributed by atoms with E-state index in [1.807, 2.05) is 0 Å². The fraction of sp³-hybridized carbons (Fsp3) is 0.579. The Morgan fingerprint density at radius 3 is 2.54 bits per heavy atom. The lowest BCUT2D eigenvalue weighted by Gasteiger charge is -2.18. The van der Waals surface area contributed by atoms with Gasteiger partial charge in [-0.15, -0.1) is 0 Å². The van der Waals surface area contributed by atoms with E-state index in [-0.39, 0.29) is 24.0 Å². The van der Waals surface area contributed by atoms with Gasteiger partial charge in [0.15, 0.2) is 11.9 Å². The number of carbonyl (C=O) groups excluding carboxylic acids is 2. The number of amides is 1. The van der Waals surface area contributed by atoms with Crippen molar-refractivity contribution < 1.29 is 23.8 Å². The van der Waals surface area contributed by atoms with E-state index in [4.69, 9.17) is 14.2 Å². The summed E-state index contributed by atoms with van der Waals surface area (Å²) in [7, 11) is 0. The van der Waals surface area contributed by atoms with Gasteiger partial charge in [0.2, 0.25) is 0 Å². The van der Waals surface area contributed by atoms with Gasteiger partial charge in [0, 0.05) is 11.3 Å². The molecule has 3 aliphatic rings. The first-order chi connectivity index (χ1) is 12.6. The maximum atomic E-state index is 12.2. The maximum Gasteiger partial charge on any atom is 0.412 e. The zero-order valence-corrected chi connectivity index (χ0v) is 14.8. The molecule has 1 aromatic carbocycles. The van der Waals surface area contributed by atoms with Crippen LogP contribution in [-0.4, -0.2) is 56.0 Å². The van der Waals surface area contributed by atoms with E-state index in [9.17, 15) is 9.59 Å². The van der Waals surface area contributed by atoms with Crippen LogP contribution in [0.25, 0.3) is 0 Å². The van der Waals surface area contributed by atoms with Crippen molar-refractivity contribution in [1.29, 1.82) is 0 Å². The van der Waals surface area contributed by atoms with Crippen LogP contribution in [0.1, 0.15) is 30.1 Å². The third kappa shape index (κ3) is 3.90. The first kappa shape index (κ1) is 17.5. The number of fused-ring (bicyclic) bond motifs is 1. The standard InChI is InChI=1S/C19H24N2O5/c1-11(22)13-4-6-14(7-5-13)21-19(23)26-16-10-25-17-15(9-24-18(16)17)20-8-12-2-3-12/h4-7,12,15-18,20H,2-3,8-10H2,1H3,(H,21,23). The van der Waals surface area contributed by atoms with E-state index in [1.165, 1.54) is 19.8 Å². The highest BCUT2D eigenvalue weighted by Gasteiger charge is 2.49. The molecule has 1 aliphatic carbocycles. The van der Waals surface area contributed by atoms with E-state index in [0.717, 1.165) is 12.5 Å². The van der Waals surface area contributed by atoms with Gasteiger partial charge in [0.05, 0.1) is 19.3 Å². The predicted octanol–water partition coefficient (Wildman–Crippen LogP) is 1.97. The number of benzene rings is 1. The summed E-state index contributed by atoms with van der Waals surface area (Å²) in [6.45, 7) is 3.42.